The maximum atomic E-state index is 5.96. The summed E-state index contributed by atoms with van der Waals surface area (Å²) in [6.07, 6.45) is 0. The van der Waals surface area contributed by atoms with Gasteiger partial charge in [0.1, 0.15) is 0 Å². The van der Waals surface area contributed by atoms with Gasteiger partial charge in [-0.3, -0.25) is 5.57 Å². The third-order valence-electron chi connectivity index (χ3n) is 1.81. The standard InChI is InChI=1S/C12H14.C2H6.Y/c1-10(12(2,3)4)11-8-6-5-7-9-11;1-2;/h1,5-8H,2-4H3;1-2H3;/q-2;;. The summed E-state index contributed by atoms with van der Waals surface area (Å²) in [6, 6.07) is 10.9. The van der Waals surface area contributed by atoms with Crippen LogP contribution < -0.4 is 0 Å². The molecule has 0 aliphatic carbocycles. The van der Waals surface area contributed by atoms with Crippen LogP contribution >= 0.6 is 0 Å². The van der Waals surface area contributed by atoms with Crippen molar-refractivity contribution in [3.63, 3.8) is 0 Å². The van der Waals surface area contributed by atoms with Crippen LogP contribution in [-0.2, 0) is 32.7 Å². The van der Waals surface area contributed by atoms with Crippen molar-refractivity contribution in [3.8, 4) is 0 Å². The first-order valence-electron chi connectivity index (χ1n) is 5.12. The Morgan fingerprint density at radius 1 is 1.20 bits per heavy atom. The normalized spacial score (nSPS) is 9.40. The molecule has 1 rings (SSSR count). The van der Waals surface area contributed by atoms with Crippen molar-refractivity contribution in [1.29, 1.82) is 0 Å². The van der Waals surface area contributed by atoms with E-state index >= 15 is 0 Å². The minimum absolute atomic E-state index is 0. The van der Waals surface area contributed by atoms with Gasteiger partial charge in [0.05, 0.1) is 0 Å². The van der Waals surface area contributed by atoms with Gasteiger partial charge in [-0.05, 0) is 0 Å². The number of allylic oxidation sites excluding steroid dienone is 1. The van der Waals surface area contributed by atoms with Crippen LogP contribution in [0.25, 0.3) is 5.57 Å². The second-order valence-corrected chi connectivity index (χ2v) is 3.94. The molecular weight excluding hydrogens is 257 g/mol. The summed E-state index contributed by atoms with van der Waals surface area (Å²) in [4.78, 5) is 0. The zero-order valence-corrected chi connectivity index (χ0v) is 13.3. The molecule has 0 fully saturated rings. The topological polar surface area (TPSA) is 0 Å². The van der Waals surface area contributed by atoms with Gasteiger partial charge >= 0.3 is 0 Å². The van der Waals surface area contributed by atoms with Gasteiger partial charge in [0.2, 0.25) is 0 Å². The van der Waals surface area contributed by atoms with Crippen molar-refractivity contribution >= 4 is 5.57 Å². The van der Waals surface area contributed by atoms with E-state index in [1.54, 1.807) is 0 Å². The Morgan fingerprint density at radius 2 is 1.73 bits per heavy atom. The predicted molar refractivity (Wildman–Crippen MR) is 63.8 cm³/mol. The number of benzene rings is 1. The van der Waals surface area contributed by atoms with Gasteiger partial charge < -0.3 is 12.1 Å². The fourth-order valence-electron chi connectivity index (χ4n) is 0.965. The van der Waals surface area contributed by atoms with Crippen molar-refractivity contribution in [3.05, 3.63) is 42.5 Å². The molecule has 0 nitrogen and oxygen atoms in total. The average molecular weight is 277 g/mol. The van der Waals surface area contributed by atoms with Crippen LogP contribution in [0.4, 0.5) is 0 Å². The summed E-state index contributed by atoms with van der Waals surface area (Å²) >= 11 is 0. The summed E-state index contributed by atoms with van der Waals surface area (Å²) in [7, 11) is 0. The minimum atomic E-state index is 0. The van der Waals surface area contributed by atoms with Crippen LogP contribution in [0.1, 0.15) is 40.2 Å². The average Bonchev–Trinajstić information content (AvgIpc) is 2.20. The van der Waals surface area contributed by atoms with Crippen LogP contribution in [0.15, 0.2) is 24.3 Å². The first-order valence-corrected chi connectivity index (χ1v) is 5.12. The first-order chi connectivity index (χ1) is 6.52. The Kier molecular flexibility index (Phi) is 9.59. The van der Waals surface area contributed by atoms with E-state index < -0.39 is 0 Å². The summed E-state index contributed by atoms with van der Waals surface area (Å²) < 4.78 is 0. The monoisotopic (exact) mass is 277 g/mol. The molecule has 0 spiro atoms. The summed E-state index contributed by atoms with van der Waals surface area (Å²) in [5.41, 5.74) is 1.92. The van der Waals surface area contributed by atoms with E-state index in [-0.39, 0.29) is 38.1 Å². The second kappa shape index (κ2) is 8.24. The molecule has 1 aromatic carbocycles. The maximum absolute atomic E-state index is 5.96. The van der Waals surface area contributed by atoms with E-state index in [4.69, 9.17) is 6.58 Å². The molecule has 0 bridgehead atoms. The molecule has 0 aliphatic heterocycles. The third-order valence-corrected chi connectivity index (χ3v) is 1.81. The number of hydrogen-bond acceptors (Lipinski definition) is 0. The quantitative estimate of drug-likeness (QED) is 0.668. The van der Waals surface area contributed by atoms with E-state index in [0.717, 1.165) is 11.1 Å². The van der Waals surface area contributed by atoms with E-state index in [0.29, 0.717) is 0 Å². The summed E-state index contributed by atoms with van der Waals surface area (Å²) in [5, 5.41) is 0. The smallest absolute Gasteiger partial charge is 0 e. The van der Waals surface area contributed by atoms with Crippen LogP contribution in [0.3, 0.4) is 0 Å². The molecule has 1 heteroatoms. The fourth-order valence-corrected chi connectivity index (χ4v) is 0.965. The largest absolute Gasteiger partial charge is 0.340 e. The van der Waals surface area contributed by atoms with Crippen LogP contribution in [0, 0.1) is 18.1 Å². The fraction of sp³-hybridized carbons (Fsp3) is 0.429. The zero-order chi connectivity index (χ0) is 11.2. The van der Waals surface area contributed by atoms with Gasteiger partial charge in [0.15, 0.2) is 0 Å². The predicted octanol–water partition coefficient (Wildman–Crippen LogP) is 4.37. The Bertz CT molecular complexity index is 267. The van der Waals surface area contributed by atoms with E-state index in [1.165, 1.54) is 0 Å². The van der Waals surface area contributed by atoms with Crippen molar-refractivity contribution in [1.82, 2.24) is 0 Å². The molecule has 0 saturated heterocycles. The van der Waals surface area contributed by atoms with Crippen LogP contribution in [-0.4, -0.2) is 0 Å². The molecule has 81 valence electrons. The molecule has 0 N–H and O–H groups in total. The van der Waals surface area contributed by atoms with Gasteiger partial charge in [-0.1, -0.05) is 40.0 Å². The van der Waals surface area contributed by atoms with Gasteiger partial charge in [0.25, 0.3) is 0 Å². The van der Waals surface area contributed by atoms with Gasteiger partial charge in [-0.15, -0.1) is 6.07 Å². The molecule has 0 atom stereocenters. The van der Waals surface area contributed by atoms with Crippen molar-refractivity contribution < 1.29 is 32.7 Å². The molecule has 1 aromatic rings. The molecule has 0 unspecified atom stereocenters. The Morgan fingerprint density at radius 3 is 2.07 bits per heavy atom. The van der Waals surface area contributed by atoms with Crippen molar-refractivity contribution in [2.24, 2.45) is 5.41 Å². The molecule has 0 heterocycles. The van der Waals surface area contributed by atoms with Crippen LogP contribution in [0.2, 0.25) is 0 Å². The van der Waals surface area contributed by atoms with Crippen molar-refractivity contribution in [2.45, 2.75) is 34.6 Å². The summed E-state index contributed by atoms with van der Waals surface area (Å²) in [5.74, 6) is 0. The van der Waals surface area contributed by atoms with E-state index in [1.807, 2.05) is 38.1 Å². The minimum Gasteiger partial charge on any atom is -0.340 e. The van der Waals surface area contributed by atoms with Gasteiger partial charge in [-0.25, -0.2) is 12.1 Å². The van der Waals surface area contributed by atoms with Gasteiger partial charge in [0, 0.05) is 32.7 Å². The SMILES string of the molecule is CC.[CH-]=C(c1[c-]cccc1)C(C)(C)C.[Y]. The van der Waals surface area contributed by atoms with E-state index in [9.17, 15) is 0 Å². The number of hydrogen-bond donors (Lipinski definition) is 0. The van der Waals surface area contributed by atoms with E-state index in [2.05, 4.69) is 26.8 Å². The molecule has 15 heavy (non-hydrogen) atoms. The molecule has 0 saturated carbocycles. The summed E-state index contributed by atoms with van der Waals surface area (Å²) in [6.45, 7) is 16.3. The third kappa shape index (κ3) is 6.27. The van der Waals surface area contributed by atoms with Crippen molar-refractivity contribution in [2.75, 3.05) is 0 Å². The Hall–Kier alpha value is 0.0639. The maximum Gasteiger partial charge on any atom is 0 e. The molecule has 0 amide bonds. The number of rotatable bonds is 1. The Labute approximate surface area is 120 Å². The molecule has 0 aliphatic rings. The second-order valence-electron chi connectivity index (χ2n) is 3.94. The van der Waals surface area contributed by atoms with Gasteiger partial charge in [-0.2, -0.15) is 12.1 Å². The molecular formula is C14H20Y-2. The molecule has 1 radical (unpaired) electrons. The molecule has 0 aromatic heterocycles. The van der Waals surface area contributed by atoms with Crippen LogP contribution in [0.5, 0.6) is 0 Å². The Balaban J connectivity index is 0. The first kappa shape index (κ1) is 17.5. The zero-order valence-electron chi connectivity index (χ0n) is 10.5.